The Morgan fingerprint density at radius 3 is 1.79 bits per heavy atom. The lowest BCUT2D eigenvalue weighted by molar-refractivity contribution is -0.114. The summed E-state index contributed by atoms with van der Waals surface area (Å²) in [5.74, 6) is -1.94. The van der Waals surface area contributed by atoms with Gasteiger partial charge in [-0.25, -0.2) is 25.6 Å². The minimum Gasteiger partial charge on any atom is -0.325 e. The lowest BCUT2D eigenvalue weighted by Gasteiger charge is -2.24. The first kappa shape index (κ1) is 27.7. The average Bonchev–Trinajstić information content (AvgIpc) is 3.19. The molecular formula is C26H27F2N3O5S2. The number of benzene rings is 3. The van der Waals surface area contributed by atoms with Crippen molar-refractivity contribution in [2.24, 2.45) is 0 Å². The Morgan fingerprint density at radius 2 is 1.24 bits per heavy atom. The number of rotatable bonds is 8. The molecule has 1 N–H and O–H groups in total. The molecule has 1 amide bonds. The van der Waals surface area contributed by atoms with Crippen LogP contribution in [0.4, 0.5) is 20.2 Å². The number of anilines is 2. The van der Waals surface area contributed by atoms with Gasteiger partial charge in [0, 0.05) is 18.8 Å². The monoisotopic (exact) mass is 563 g/mol. The highest BCUT2D eigenvalue weighted by Crippen LogP contribution is 2.25. The van der Waals surface area contributed by atoms with Crippen molar-refractivity contribution >= 4 is 37.3 Å². The molecule has 1 saturated heterocycles. The van der Waals surface area contributed by atoms with Crippen molar-refractivity contribution in [1.29, 1.82) is 0 Å². The summed E-state index contributed by atoms with van der Waals surface area (Å²) in [5, 5.41) is 2.57. The van der Waals surface area contributed by atoms with Crippen LogP contribution in [0.3, 0.4) is 0 Å². The van der Waals surface area contributed by atoms with Crippen molar-refractivity contribution in [3.05, 3.63) is 84.4 Å². The van der Waals surface area contributed by atoms with Gasteiger partial charge in [-0.2, -0.15) is 4.31 Å². The fraction of sp³-hybridized carbons (Fsp3) is 0.269. The molecular weight excluding hydrogens is 536 g/mol. The van der Waals surface area contributed by atoms with Gasteiger partial charge < -0.3 is 5.32 Å². The highest BCUT2D eigenvalue weighted by Gasteiger charge is 2.28. The summed E-state index contributed by atoms with van der Waals surface area (Å²) in [6, 6.07) is 14.3. The van der Waals surface area contributed by atoms with Crippen molar-refractivity contribution in [3.63, 3.8) is 0 Å². The highest BCUT2D eigenvalue weighted by molar-refractivity contribution is 7.92. The zero-order valence-electron chi connectivity index (χ0n) is 20.4. The third-order valence-electron chi connectivity index (χ3n) is 6.14. The van der Waals surface area contributed by atoms with Gasteiger partial charge in [0.15, 0.2) is 0 Å². The molecule has 0 radical (unpaired) electrons. The molecule has 0 aromatic heterocycles. The SMILES string of the molecule is O=C(CN(c1ccc(F)cc1)S(=O)(=O)c1ccc(F)cc1)Nc1ccc(S(=O)(=O)N2CCCCCC2)cc1. The molecule has 8 nitrogen and oxygen atoms in total. The van der Waals surface area contributed by atoms with Crippen LogP contribution >= 0.6 is 0 Å². The number of carbonyl (C=O) groups excluding carboxylic acids is 1. The van der Waals surface area contributed by atoms with Gasteiger partial charge >= 0.3 is 0 Å². The van der Waals surface area contributed by atoms with Crippen molar-refractivity contribution in [3.8, 4) is 0 Å². The molecule has 4 rings (SSSR count). The van der Waals surface area contributed by atoms with Crippen LogP contribution < -0.4 is 9.62 Å². The van der Waals surface area contributed by atoms with E-state index >= 15 is 0 Å². The number of carbonyl (C=O) groups is 1. The molecule has 0 saturated carbocycles. The van der Waals surface area contributed by atoms with Crippen LogP contribution in [0.1, 0.15) is 25.7 Å². The third-order valence-corrected chi connectivity index (χ3v) is 9.85. The predicted molar refractivity (Wildman–Crippen MR) is 140 cm³/mol. The van der Waals surface area contributed by atoms with Crippen molar-refractivity contribution in [2.45, 2.75) is 35.5 Å². The number of sulfonamides is 2. The molecule has 1 aliphatic rings. The molecule has 202 valence electrons. The van der Waals surface area contributed by atoms with Crippen LogP contribution in [0.15, 0.2) is 82.6 Å². The van der Waals surface area contributed by atoms with Crippen LogP contribution in [0.25, 0.3) is 0 Å². The van der Waals surface area contributed by atoms with E-state index in [0.29, 0.717) is 13.1 Å². The van der Waals surface area contributed by atoms with Gasteiger partial charge in [-0.3, -0.25) is 9.10 Å². The van der Waals surface area contributed by atoms with Crippen molar-refractivity contribution < 1.29 is 30.4 Å². The van der Waals surface area contributed by atoms with E-state index < -0.39 is 44.1 Å². The maximum atomic E-state index is 13.5. The smallest absolute Gasteiger partial charge is 0.264 e. The van der Waals surface area contributed by atoms with E-state index in [1.165, 1.54) is 40.7 Å². The van der Waals surface area contributed by atoms with Crippen molar-refractivity contribution in [2.75, 3.05) is 29.3 Å². The molecule has 0 aliphatic carbocycles. The lowest BCUT2D eigenvalue weighted by atomic mass is 10.2. The number of halogens is 2. The van der Waals surface area contributed by atoms with Crippen LogP contribution in [0, 0.1) is 11.6 Å². The molecule has 1 heterocycles. The Labute approximate surface area is 221 Å². The van der Waals surface area contributed by atoms with Gasteiger partial charge in [0.1, 0.15) is 18.2 Å². The highest BCUT2D eigenvalue weighted by atomic mass is 32.2. The van der Waals surface area contributed by atoms with Gasteiger partial charge in [0.25, 0.3) is 10.0 Å². The zero-order chi connectivity index (χ0) is 27.3. The summed E-state index contributed by atoms with van der Waals surface area (Å²) < 4.78 is 81.7. The first-order chi connectivity index (χ1) is 18.1. The lowest BCUT2D eigenvalue weighted by Crippen LogP contribution is -2.38. The van der Waals surface area contributed by atoms with E-state index in [1.807, 2.05) is 0 Å². The Hall–Kier alpha value is -3.35. The average molecular weight is 564 g/mol. The fourth-order valence-electron chi connectivity index (χ4n) is 4.13. The molecule has 1 aliphatic heterocycles. The number of hydrogen-bond donors (Lipinski definition) is 1. The van der Waals surface area contributed by atoms with Gasteiger partial charge in [0.05, 0.1) is 15.5 Å². The molecule has 0 atom stereocenters. The normalized spacial score (nSPS) is 15.0. The van der Waals surface area contributed by atoms with Crippen LogP contribution in [-0.4, -0.2) is 46.7 Å². The van der Waals surface area contributed by atoms with E-state index in [-0.39, 0.29) is 21.2 Å². The Bertz CT molecular complexity index is 1470. The Kier molecular flexibility index (Phi) is 8.44. The second-order valence-electron chi connectivity index (χ2n) is 8.83. The zero-order valence-corrected chi connectivity index (χ0v) is 22.0. The summed E-state index contributed by atoms with van der Waals surface area (Å²) >= 11 is 0. The molecule has 0 bridgehead atoms. The number of hydrogen-bond acceptors (Lipinski definition) is 5. The predicted octanol–water partition coefficient (Wildman–Crippen LogP) is 4.36. The van der Waals surface area contributed by atoms with E-state index in [2.05, 4.69) is 5.32 Å². The standard InChI is InChI=1S/C26H27F2N3O5S2/c27-20-5-11-23(12-6-20)31(38(35,36)25-13-7-21(28)8-14-25)19-26(32)29-22-9-15-24(16-10-22)37(33,34)30-17-3-1-2-4-18-30/h5-16H,1-4,17-19H2,(H,29,32). The number of nitrogens with one attached hydrogen (secondary N) is 1. The van der Waals surface area contributed by atoms with Gasteiger partial charge in [0.2, 0.25) is 15.9 Å². The van der Waals surface area contributed by atoms with E-state index in [0.717, 1.165) is 66.4 Å². The second kappa shape index (κ2) is 11.6. The van der Waals surface area contributed by atoms with Gasteiger partial charge in [-0.15, -0.1) is 0 Å². The summed E-state index contributed by atoms with van der Waals surface area (Å²) in [4.78, 5) is 12.7. The number of amides is 1. The quantitative estimate of drug-likeness (QED) is 0.439. The van der Waals surface area contributed by atoms with Crippen molar-refractivity contribution in [1.82, 2.24) is 4.31 Å². The Morgan fingerprint density at radius 1 is 0.737 bits per heavy atom. The maximum Gasteiger partial charge on any atom is 0.264 e. The van der Waals surface area contributed by atoms with E-state index in [4.69, 9.17) is 0 Å². The summed E-state index contributed by atoms with van der Waals surface area (Å²) in [7, 11) is -7.98. The summed E-state index contributed by atoms with van der Waals surface area (Å²) in [6.07, 6.45) is 3.59. The van der Waals surface area contributed by atoms with Gasteiger partial charge in [-0.1, -0.05) is 12.8 Å². The molecule has 0 unspecified atom stereocenters. The topological polar surface area (TPSA) is 104 Å². The van der Waals surface area contributed by atoms with Crippen LogP contribution in [0.5, 0.6) is 0 Å². The van der Waals surface area contributed by atoms with Gasteiger partial charge in [-0.05, 0) is 85.6 Å². The third kappa shape index (κ3) is 6.37. The molecule has 12 heteroatoms. The first-order valence-corrected chi connectivity index (χ1v) is 14.9. The second-order valence-corrected chi connectivity index (χ2v) is 12.6. The van der Waals surface area contributed by atoms with E-state index in [9.17, 15) is 30.4 Å². The minimum atomic E-state index is -4.31. The maximum absolute atomic E-state index is 13.5. The van der Waals surface area contributed by atoms with Crippen LogP contribution in [0.2, 0.25) is 0 Å². The number of nitrogens with zero attached hydrogens (tertiary/aromatic N) is 2. The molecule has 0 spiro atoms. The largest absolute Gasteiger partial charge is 0.325 e. The molecule has 38 heavy (non-hydrogen) atoms. The molecule has 1 fully saturated rings. The summed E-state index contributed by atoms with van der Waals surface area (Å²) in [6.45, 7) is 0.254. The minimum absolute atomic E-state index is 0.0322. The first-order valence-electron chi connectivity index (χ1n) is 12.0. The molecule has 3 aromatic carbocycles. The summed E-state index contributed by atoms with van der Waals surface area (Å²) in [5.41, 5.74) is 0.299. The Balaban J connectivity index is 1.53. The fourth-order valence-corrected chi connectivity index (χ4v) is 7.07. The van der Waals surface area contributed by atoms with Crippen LogP contribution in [-0.2, 0) is 24.8 Å². The molecule has 3 aromatic rings. The van der Waals surface area contributed by atoms with E-state index in [1.54, 1.807) is 0 Å².